The fourth-order valence-electron chi connectivity index (χ4n) is 3.48. The SMILES string of the molecule is COc1ccc(C23CC(CCl)(C2)C3)c(Cl)c1. The first-order chi connectivity index (χ1) is 7.63. The van der Waals surface area contributed by atoms with E-state index in [1.807, 2.05) is 12.1 Å². The monoisotopic (exact) mass is 256 g/mol. The van der Waals surface area contributed by atoms with E-state index in [-0.39, 0.29) is 0 Å². The zero-order valence-electron chi connectivity index (χ0n) is 9.22. The van der Waals surface area contributed by atoms with Gasteiger partial charge in [0.2, 0.25) is 0 Å². The number of halogens is 2. The van der Waals surface area contributed by atoms with Crippen LogP contribution in [0.1, 0.15) is 24.8 Å². The van der Waals surface area contributed by atoms with Crippen molar-refractivity contribution in [2.24, 2.45) is 5.41 Å². The third kappa shape index (κ3) is 1.25. The van der Waals surface area contributed by atoms with E-state index >= 15 is 0 Å². The van der Waals surface area contributed by atoms with Gasteiger partial charge in [0.25, 0.3) is 0 Å². The lowest BCUT2D eigenvalue weighted by Crippen LogP contribution is -2.65. The highest BCUT2D eigenvalue weighted by Gasteiger charge is 2.67. The highest BCUT2D eigenvalue weighted by Crippen LogP contribution is 2.74. The number of benzene rings is 1. The maximum atomic E-state index is 6.31. The Labute approximate surface area is 106 Å². The molecule has 0 N–H and O–H groups in total. The largest absolute Gasteiger partial charge is 0.497 e. The molecule has 3 heteroatoms. The van der Waals surface area contributed by atoms with Crippen LogP contribution < -0.4 is 4.74 Å². The fourth-order valence-corrected chi connectivity index (χ4v) is 4.13. The predicted molar refractivity (Wildman–Crippen MR) is 66.7 cm³/mol. The molecule has 3 aliphatic carbocycles. The highest BCUT2D eigenvalue weighted by atomic mass is 35.5. The minimum absolute atomic E-state index is 0.332. The van der Waals surface area contributed by atoms with Gasteiger partial charge in [0.15, 0.2) is 0 Å². The Morgan fingerprint density at radius 1 is 1.31 bits per heavy atom. The van der Waals surface area contributed by atoms with Crippen molar-refractivity contribution < 1.29 is 4.74 Å². The van der Waals surface area contributed by atoms with Gasteiger partial charge < -0.3 is 4.74 Å². The van der Waals surface area contributed by atoms with E-state index in [9.17, 15) is 0 Å². The van der Waals surface area contributed by atoms with E-state index in [0.717, 1.165) is 16.7 Å². The predicted octanol–water partition coefficient (Wildman–Crippen LogP) is 4.01. The van der Waals surface area contributed by atoms with Crippen LogP contribution in [-0.2, 0) is 5.41 Å². The van der Waals surface area contributed by atoms with Gasteiger partial charge in [0.1, 0.15) is 5.75 Å². The summed E-state index contributed by atoms with van der Waals surface area (Å²) in [5.41, 5.74) is 2.05. The van der Waals surface area contributed by atoms with Crippen molar-refractivity contribution in [3.05, 3.63) is 28.8 Å². The van der Waals surface area contributed by atoms with Crippen molar-refractivity contribution >= 4 is 23.2 Å². The Morgan fingerprint density at radius 3 is 2.50 bits per heavy atom. The Kier molecular flexibility index (Phi) is 2.22. The minimum Gasteiger partial charge on any atom is -0.497 e. The molecule has 0 heterocycles. The van der Waals surface area contributed by atoms with Crippen molar-refractivity contribution in [3.63, 3.8) is 0 Å². The molecule has 1 aromatic rings. The second kappa shape index (κ2) is 3.30. The molecule has 1 nitrogen and oxygen atoms in total. The smallest absolute Gasteiger partial charge is 0.120 e. The number of methoxy groups -OCH3 is 1. The first kappa shape index (κ1) is 10.7. The van der Waals surface area contributed by atoms with Gasteiger partial charge in [-0.05, 0) is 47.8 Å². The average Bonchev–Trinajstić information content (AvgIpc) is 2.17. The molecular weight excluding hydrogens is 243 g/mol. The lowest BCUT2D eigenvalue weighted by atomic mass is 9.34. The Bertz CT molecular complexity index is 422. The second-order valence-corrected chi connectivity index (χ2v) is 5.96. The van der Waals surface area contributed by atoms with Gasteiger partial charge in [-0.25, -0.2) is 0 Å². The number of rotatable bonds is 3. The van der Waals surface area contributed by atoms with E-state index in [4.69, 9.17) is 27.9 Å². The van der Waals surface area contributed by atoms with Crippen molar-refractivity contribution in [2.45, 2.75) is 24.7 Å². The zero-order chi connectivity index (χ0) is 11.4. The number of hydrogen-bond acceptors (Lipinski definition) is 1. The molecule has 16 heavy (non-hydrogen) atoms. The second-order valence-electron chi connectivity index (χ2n) is 5.29. The van der Waals surface area contributed by atoms with Gasteiger partial charge in [0, 0.05) is 10.9 Å². The fraction of sp³-hybridized carbons (Fsp3) is 0.538. The molecule has 0 unspecified atom stereocenters. The van der Waals surface area contributed by atoms with E-state index in [1.54, 1.807) is 7.11 Å². The molecular formula is C13H14Cl2O. The first-order valence-corrected chi connectivity index (χ1v) is 6.44. The molecule has 0 saturated heterocycles. The van der Waals surface area contributed by atoms with Crippen LogP contribution in [0.4, 0.5) is 0 Å². The molecule has 3 aliphatic rings. The van der Waals surface area contributed by atoms with Crippen molar-refractivity contribution in [2.75, 3.05) is 13.0 Å². The molecule has 4 rings (SSSR count). The number of alkyl halides is 1. The Morgan fingerprint density at radius 2 is 2.00 bits per heavy atom. The summed E-state index contributed by atoms with van der Waals surface area (Å²) >= 11 is 12.3. The minimum atomic E-state index is 0.332. The molecule has 1 aromatic carbocycles. The average molecular weight is 257 g/mol. The van der Waals surface area contributed by atoms with Crippen LogP contribution in [0, 0.1) is 5.41 Å². The van der Waals surface area contributed by atoms with Gasteiger partial charge in [-0.3, -0.25) is 0 Å². The van der Waals surface area contributed by atoms with Crippen LogP contribution >= 0.6 is 23.2 Å². The molecule has 0 aromatic heterocycles. The molecule has 0 amide bonds. The van der Waals surface area contributed by atoms with E-state index in [0.29, 0.717) is 10.8 Å². The van der Waals surface area contributed by atoms with Gasteiger partial charge in [-0.1, -0.05) is 17.7 Å². The quantitative estimate of drug-likeness (QED) is 0.743. The van der Waals surface area contributed by atoms with Gasteiger partial charge >= 0.3 is 0 Å². The van der Waals surface area contributed by atoms with Crippen LogP contribution in [0.5, 0.6) is 5.75 Å². The summed E-state index contributed by atoms with van der Waals surface area (Å²) < 4.78 is 5.16. The zero-order valence-corrected chi connectivity index (χ0v) is 10.7. The lowest BCUT2D eigenvalue weighted by Gasteiger charge is -2.71. The van der Waals surface area contributed by atoms with E-state index in [2.05, 4.69) is 6.07 Å². The summed E-state index contributed by atoms with van der Waals surface area (Å²) in [5.74, 6) is 1.62. The van der Waals surface area contributed by atoms with Crippen molar-refractivity contribution in [1.29, 1.82) is 0 Å². The van der Waals surface area contributed by atoms with Crippen molar-refractivity contribution in [1.82, 2.24) is 0 Å². The molecule has 0 radical (unpaired) electrons. The summed E-state index contributed by atoms with van der Waals surface area (Å²) in [4.78, 5) is 0. The van der Waals surface area contributed by atoms with E-state index < -0.39 is 0 Å². The Balaban J connectivity index is 1.87. The number of hydrogen-bond donors (Lipinski definition) is 0. The van der Waals surface area contributed by atoms with Gasteiger partial charge in [-0.2, -0.15) is 0 Å². The molecule has 0 aliphatic heterocycles. The molecule has 3 saturated carbocycles. The van der Waals surface area contributed by atoms with Crippen LogP contribution in [0.15, 0.2) is 18.2 Å². The summed E-state index contributed by atoms with van der Waals surface area (Å²) in [5, 5.41) is 0.835. The van der Waals surface area contributed by atoms with Gasteiger partial charge in [0.05, 0.1) is 7.11 Å². The topological polar surface area (TPSA) is 9.23 Å². The van der Waals surface area contributed by atoms with Crippen LogP contribution in [-0.4, -0.2) is 13.0 Å². The van der Waals surface area contributed by atoms with Crippen LogP contribution in [0.2, 0.25) is 5.02 Å². The van der Waals surface area contributed by atoms with Crippen molar-refractivity contribution in [3.8, 4) is 5.75 Å². The molecule has 86 valence electrons. The standard InChI is InChI=1S/C13H14Cl2O/c1-16-9-2-3-10(11(15)4-9)13-5-12(6-13,7-13)8-14/h2-4H,5-8H2,1H3. The van der Waals surface area contributed by atoms with E-state index in [1.165, 1.54) is 24.8 Å². The maximum Gasteiger partial charge on any atom is 0.120 e. The molecule has 3 fully saturated rings. The lowest BCUT2D eigenvalue weighted by molar-refractivity contribution is -0.122. The third-order valence-corrected chi connectivity index (χ3v) is 5.05. The molecule has 2 bridgehead atoms. The highest BCUT2D eigenvalue weighted by molar-refractivity contribution is 6.31. The van der Waals surface area contributed by atoms with Crippen LogP contribution in [0.3, 0.4) is 0 Å². The summed E-state index contributed by atoms with van der Waals surface area (Å²) in [6.07, 6.45) is 3.61. The first-order valence-electron chi connectivity index (χ1n) is 5.53. The molecule has 0 spiro atoms. The summed E-state index contributed by atoms with van der Waals surface area (Å²) in [7, 11) is 1.66. The maximum absolute atomic E-state index is 6.31. The van der Waals surface area contributed by atoms with Gasteiger partial charge in [-0.15, -0.1) is 11.6 Å². The normalized spacial score (nSPS) is 35.2. The summed E-state index contributed by atoms with van der Waals surface area (Å²) in [6.45, 7) is 0. The third-order valence-electron chi connectivity index (χ3n) is 4.17. The Hall–Kier alpha value is -0.400. The summed E-state index contributed by atoms with van der Waals surface area (Å²) in [6, 6.07) is 6.01. The number of ether oxygens (including phenoxy) is 1. The van der Waals surface area contributed by atoms with Crippen LogP contribution in [0.25, 0.3) is 0 Å². The molecule has 0 atom stereocenters.